The van der Waals surface area contributed by atoms with E-state index in [2.05, 4.69) is 22.9 Å². The Hall–Kier alpha value is -1.70. The van der Waals surface area contributed by atoms with Gasteiger partial charge in [0.15, 0.2) is 0 Å². The van der Waals surface area contributed by atoms with Gasteiger partial charge in [0.25, 0.3) is 0 Å². The van der Waals surface area contributed by atoms with Crippen LogP contribution in [0.25, 0.3) is 0 Å². The molecule has 152 valence electrons. The van der Waals surface area contributed by atoms with Crippen LogP contribution < -0.4 is 16.0 Å². The summed E-state index contributed by atoms with van der Waals surface area (Å²) in [7, 11) is 0. The molecule has 2 heterocycles. The van der Waals surface area contributed by atoms with E-state index in [9.17, 15) is 9.59 Å². The van der Waals surface area contributed by atoms with E-state index >= 15 is 0 Å². The number of esters is 1. The molecule has 0 saturated carbocycles. The second-order valence-electron chi connectivity index (χ2n) is 6.86. The second kappa shape index (κ2) is 9.20. The lowest BCUT2D eigenvalue weighted by Crippen LogP contribution is -2.67. The molecule has 1 aromatic rings. The maximum atomic E-state index is 13.1. The number of carbonyl (C=O) groups excluding carboxylic acids is 2. The largest absolute Gasteiger partial charge is 0.463 e. The van der Waals surface area contributed by atoms with Crippen molar-refractivity contribution < 1.29 is 14.3 Å². The summed E-state index contributed by atoms with van der Waals surface area (Å²) in [4.78, 5) is 25.8. The molecule has 0 aromatic heterocycles. The third kappa shape index (κ3) is 4.31. The van der Waals surface area contributed by atoms with Crippen LogP contribution in [0, 0.1) is 5.92 Å². The van der Waals surface area contributed by atoms with E-state index in [1.54, 1.807) is 30.8 Å². The standard InChI is InChI=1S/C20H26ClN3O3S/c1-4-10-28-20-23-17-16(18(25)24-20)15(12-6-8-13(21)9-7-12)14(11(3)22-17)19(26)27-5-2/h6-9,15-17,20,22-23H,4-5,10H2,1-3H3,(H,24,25). The second-order valence-corrected chi connectivity index (χ2v) is 8.51. The van der Waals surface area contributed by atoms with Gasteiger partial charge in [-0.3, -0.25) is 10.1 Å². The van der Waals surface area contributed by atoms with Gasteiger partial charge >= 0.3 is 5.97 Å². The molecule has 1 saturated heterocycles. The summed E-state index contributed by atoms with van der Waals surface area (Å²) in [6.45, 7) is 6.01. The molecule has 1 aromatic carbocycles. The minimum atomic E-state index is -0.484. The molecular weight excluding hydrogens is 398 g/mol. The zero-order valence-electron chi connectivity index (χ0n) is 16.3. The molecule has 3 N–H and O–H groups in total. The Labute approximate surface area is 174 Å². The fraction of sp³-hybridized carbons (Fsp3) is 0.500. The summed E-state index contributed by atoms with van der Waals surface area (Å²) >= 11 is 7.72. The van der Waals surface area contributed by atoms with Crippen molar-refractivity contribution >= 4 is 35.2 Å². The zero-order valence-corrected chi connectivity index (χ0v) is 17.8. The number of fused-ring (bicyclic) bond motifs is 1. The van der Waals surface area contributed by atoms with E-state index in [-0.39, 0.29) is 24.2 Å². The van der Waals surface area contributed by atoms with Crippen LogP contribution in [0.2, 0.25) is 5.02 Å². The van der Waals surface area contributed by atoms with Crippen LogP contribution in [0.4, 0.5) is 0 Å². The lowest BCUT2D eigenvalue weighted by molar-refractivity contribution is -0.139. The molecular formula is C20H26ClN3O3S. The van der Waals surface area contributed by atoms with Crippen molar-refractivity contribution in [3.63, 3.8) is 0 Å². The number of nitrogens with one attached hydrogen (secondary N) is 3. The van der Waals surface area contributed by atoms with E-state index in [1.807, 2.05) is 19.1 Å². The molecule has 1 amide bonds. The molecule has 2 aliphatic heterocycles. The van der Waals surface area contributed by atoms with Crippen LogP contribution >= 0.6 is 23.4 Å². The predicted molar refractivity (Wildman–Crippen MR) is 112 cm³/mol. The summed E-state index contributed by atoms with van der Waals surface area (Å²) in [6.07, 6.45) is 0.751. The highest BCUT2D eigenvalue weighted by Crippen LogP contribution is 2.41. The van der Waals surface area contributed by atoms with Gasteiger partial charge in [0.05, 0.1) is 24.3 Å². The molecule has 0 radical (unpaired) electrons. The van der Waals surface area contributed by atoms with Gasteiger partial charge < -0.3 is 15.4 Å². The molecule has 3 rings (SSSR count). The number of amides is 1. The fourth-order valence-electron chi connectivity index (χ4n) is 3.74. The summed E-state index contributed by atoms with van der Waals surface area (Å²) in [6, 6.07) is 7.29. The Bertz CT molecular complexity index is 768. The third-order valence-corrected chi connectivity index (χ3v) is 6.41. The summed E-state index contributed by atoms with van der Waals surface area (Å²) < 4.78 is 5.30. The maximum absolute atomic E-state index is 13.1. The highest BCUT2D eigenvalue weighted by atomic mass is 35.5. The Kier molecular flexibility index (Phi) is 6.91. The number of thioether (sulfide) groups is 1. The van der Waals surface area contributed by atoms with Crippen LogP contribution in [0.3, 0.4) is 0 Å². The van der Waals surface area contributed by atoms with E-state index in [0.29, 0.717) is 10.6 Å². The minimum Gasteiger partial charge on any atom is -0.463 e. The van der Waals surface area contributed by atoms with Crippen LogP contribution in [0.5, 0.6) is 0 Å². The Morgan fingerprint density at radius 3 is 2.57 bits per heavy atom. The van der Waals surface area contributed by atoms with Gasteiger partial charge in [-0.2, -0.15) is 0 Å². The van der Waals surface area contributed by atoms with Crippen molar-refractivity contribution in [2.45, 2.75) is 44.8 Å². The van der Waals surface area contributed by atoms with Gasteiger partial charge in [-0.05, 0) is 43.7 Å². The molecule has 2 aliphatic rings. The zero-order chi connectivity index (χ0) is 20.3. The average molecular weight is 424 g/mol. The average Bonchev–Trinajstić information content (AvgIpc) is 2.66. The third-order valence-electron chi connectivity index (χ3n) is 4.93. The number of halogens is 1. The van der Waals surface area contributed by atoms with Crippen molar-refractivity contribution in [2.75, 3.05) is 12.4 Å². The van der Waals surface area contributed by atoms with E-state index < -0.39 is 17.8 Å². The topological polar surface area (TPSA) is 79.5 Å². The molecule has 28 heavy (non-hydrogen) atoms. The highest BCUT2D eigenvalue weighted by Gasteiger charge is 2.48. The van der Waals surface area contributed by atoms with E-state index in [4.69, 9.17) is 16.3 Å². The molecule has 4 atom stereocenters. The summed E-state index contributed by atoms with van der Waals surface area (Å²) in [5.74, 6) is -0.450. The Balaban J connectivity index is 2.00. The first kappa shape index (κ1) is 21.0. The molecule has 0 aliphatic carbocycles. The van der Waals surface area contributed by atoms with Crippen LogP contribution in [0.15, 0.2) is 35.5 Å². The quantitative estimate of drug-likeness (QED) is 0.610. The number of carbonyl (C=O) groups is 2. The SMILES string of the molecule is CCCSC1NC(=O)C2C(NC(C)=C(C(=O)OCC)C2c2ccc(Cl)cc2)N1. The van der Waals surface area contributed by atoms with Crippen LogP contribution in [-0.4, -0.2) is 35.9 Å². The van der Waals surface area contributed by atoms with Gasteiger partial charge in [-0.1, -0.05) is 30.7 Å². The summed E-state index contributed by atoms with van der Waals surface area (Å²) in [5.41, 5.74) is 1.91. The van der Waals surface area contributed by atoms with Crippen molar-refractivity contribution in [3.8, 4) is 0 Å². The van der Waals surface area contributed by atoms with Crippen LogP contribution in [0.1, 0.15) is 38.7 Å². The number of benzene rings is 1. The predicted octanol–water partition coefficient (Wildman–Crippen LogP) is 2.95. The molecule has 0 spiro atoms. The van der Waals surface area contributed by atoms with Gasteiger partial charge in [0.1, 0.15) is 5.50 Å². The summed E-state index contributed by atoms with van der Waals surface area (Å²) in [5, 5.41) is 10.4. The first-order valence-electron chi connectivity index (χ1n) is 9.54. The van der Waals surface area contributed by atoms with Gasteiger partial charge in [0.2, 0.25) is 5.91 Å². The smallest absolute Gasteiger partial charge is 0.336 e. The number of rotatable bonds is 6. The number of ether oxygens (including phenoxy) is 1. The highest BCUT2D eigenvalue weighted by molar-refractivity contribution is 7.99. The molecule has 4 unspecified atom stereocenters. The van der Waals surface area contributed by atoms with Gasteiger partial charge in [-0.15, -0.1) is 11.8 Å². The first-order valence-corrected chi connectivity index (χ1v) is 11.0. The fourth-order valence-corrected chi connectivity index (χ4v) is 4.78. The Morgan fingerprint density at radius 1 is 1.21 bits per heavy atom. The monoisotopic (exact) mass is 423 g/mol. The van der Waals surface area contributed by atoms with Crippen LogP contribution in [-0.2, 0) is 14.3 Å². The molecule has 1 fully saturated rings. The lowest BCUT2D eigenvalue weighted by Gasteiger charge is -2.45. The molecule has 0 bridgehead atoms. The van der Waals surface area contributed by atoms with Crippen molar-refractivity contribution in [1.82, 2.24) is 16.0 Å². The van der Waals surface area contributed by atoms with Gasteiger partial charge in [-0.25, -0.2) is 4.79 Å². The van der Waals surface area contributed by atoms with Crippen molar-refractivity contribution in [2.24, 2.45) is 5.92 Å². The lowest BCUT2D eigenvalue weighted by atomic mass is 9.74. The van der Waals surface area contributed by atoms with Crippen molar-refractivity contribution in [1.29, 1.82) is 0 Å². The molecule has 8 heteroatoms. The maximum Gasteiger partial charge on any atom is 0.336 e. The number of hydrogen-bond donors (Lipinski definition) is 3. The Morgan fingerprint density at radius 2 is 1.93 bits per heavy atom. The van der Waals surface area contributed by atoms with E-state index in [0.717, 1.165) is 23.4 Å². The van der Waals surface area contributed by atoms with E-state index in [1.165, 1.54) is 0 Å². The molecule has 6 nitrogen and oxygen atoms in total. The van der Waals surface area contributed by atoms with Gasteiger partial charge in [0, 0.05) is 16.6 Å². The van der Waals surface area contributed by atoms with Crippen molar-refractivity contribution in [3.05, 3.63) is 46.1 Å². The number of hydrogen-bond acceptors (Lipinski definition) is 6. The minimum absolute atomic E-state index is 0.0842. The number of allylic oxidation sites excluding steroid dienone is 1. The normalized spacial score (nSPS) is 26.9. The first-order chi connectivity index (χ1) is 13.5.